The third kappa shape index (κ3) is 3.11. The van der Waals surface area contributed by atoms with Crippen LogP contribution in [0, 0.1) is 6.92 Å². The number of halogens is 1. The molecule has 0 saturated heterocycles. The summed E-state index contributed by atoms with van der Waals surface area (Å²) >= 11 is 5.68. The van der Waals surface area contributed by atoms with Crippen molar-refractivity contribution in [2.45, 2.75) is 19.2 Å². The van der Waals surface area contributed by atoms with Gasteiger partial charge in [-0.25, -0.2) is 0 Å². The molecule has 1 unspecified atom stereocenters. The van der Waals surface area contributed by atoms with E-state index in [1.807, 2.05) is 6.92 Å². The van der Waals surface area contributed by atoms with Crippen LogP contribution in [0.25, 0.3) is 0 Å². The fourth-order valence-electron chi connectivity index (χ4n) is 0.898. The van der Waals surface area contributed by atoms with E-state index in [4.69, 9.17) is 16.0 Å². The molecule has 0 saturated carbocycles. The fraction of sp³-hybridized carbons (Fsp3) is 0.444. The van der Waals surface area contributed by atoms with Crippen LogP contribution in [0.5, 0.6) is 0 Å². The summed E-state index contributed by atoms with van der Waals surface area (Å²) < 4.78 is 5.00. The van der Waals surface area contributed by atoms with Gasteiger partial charge in [0.15, 0.2) is 0 Å². The van der Waals surface area contributed by atoms with Crippen molar-refractivity contribution in [1.82, 2.24) is 5.32 Å². The number of hydrogen-bond acceptors (Lipinski definition) is 2. The van der Waals surface area contributed by atoms with Gasteiger partial charge in [0, 0.05) is 11.9 Å². The van der Waals surface area contributed by atoms with Gasteiger partial charge >= 0.3 is 0 Å². The number of amides is 1. The molecule has 3 nitrogen and oxygen atoms in total. The Balaban J connectivity index is 2.49. The average Bonchev–Trinajstić information content (AvgIpc) is 2.47. The first-order chi connectivity index (χ1) is 6.09. The zero-order valence-electron chi connectivity index (χ0n) is 7.63. The summed E-state index contributed by atoms with van der Waals surface area (Å²) in [5.74, 6) is 0.577. The Labute approximate surface area is 82.1 Å². The Kier molecular flexibility index (Phi) is 3.37. The van der Waals surface area contributed by atoms with E-state index in [2.05, 4.69) is 5.32 Å². The van der Waals surface area contributed by atoms with Crippen molar-refractivity contribution < 1.29 is 9.21 Å². The van der Waals surface area contributed by atoms with Crippen LogP contribution in [0.1, 0.15) is 23.0 Å². The van der Waals surface area contributed by atoms with Gasteiger partial charge in [0.05, 0.1) is 5.56 Å². The third-order valence-corrected chi connectivity index (χ3v) is 1.69. The van der Waals surface area contributed by atoms with Crippen LogP contribution < -0.4 is 5.32 Å². The Bertz CT molecular complexity index is 294. The number of furan rings is 1. The highest BCUT2D eigenvalue weighted by atomic mass is 35.5. The second-order valence-corrected chi connectivity index (χ2v) is 3.68. The predicted molar refractivity (Wildman–Crippen MR) is 51.1 cm³/mol. The highest BCUT2D eigenvalue weighted by Gasteiger charge is 2.08. The van der Waals surface area contributed by atoms with Gasteiger partial charge in [0.2, 0.25) is 0 Å². The molecule has 0 aliphatic carbocycles. The summed E-state index contributed by atoms with van der Waals surface area (Å²) in [6.07, 6.45) is 1.43. The van der Waals surface area contributed by atoms with Crippen molar-refractivity contribution in [2.75, 3.05) is 6.54 Å². The van der Waals surface area contributed by atoms with Gasteiger partial charge in [-0.1, -0.05) is 0 Å². The SMILES string of the molecule is Cc1cc(C(=O)NCC(C)Cl)co1. The second-order valence-electron chi connectivity index (χ2n) is 2.94. The van der Waals surface area contributed by atoms with Gasteiger partial charge in [-0.15, -0.1) is 11.6 Å². The zero-order valence-corrected chi connectivity index (χ0v) is 8.39. The van der Waals surface area contributed by atoms with Crippen LogP contribution in [-0.2, 0) is 0 Å². The van der Waals surface area contributed by atoms with Crippen molar-refractivity contribution >= 4 is 17.5 Å². The van der Waals surface area contributed by atoms with Gasteiger partial charge in [-0.05, 0) is 19.9 Å². The minimum absolute atomic E-state index is 0.0584. The highest BCUT2D eigenvalue weighted by Crippen LogP contribution is 2.05. The number of hydrogen-bond donors (Lipinski definition) is 1. The van der Waals surface area contributed by atoms with Crippen LogP contribution in [0.4, 0.5) is 0 Å². The van der Waals surface area contributed by atoms with E-state index < -0.39 is 0 Å². The highest BCUT2D eigenvalue weighted by molar-refractivity contribution is 6.20. The molecule has 1 aromatic heterocycles. The van der Waals surface area contributed by atoms with E-state index in [9.17, 15) is 4.79 Å². The molecule has 0 aliphatic rings. The Morgan fingerprint density at radius 3 is 2.92 bits per heavy atom. The minimum Gasteiger partial charge on any atom is -0.469 e. The minimum atomic E-state index is -0.149. The summed E-state index contributed by atoms with van der Waals surface area (Å²) in [5, 5.41) is 2.62. The van der Waals surface area contributed by atoms with E-state index in [0.717, 1.165) is 5.76 Å². The number of alkyl halides is 1. The topological polar surface area (TPSA) is 42.2 Å². The lowest BCUT2D eigenvalue weighted by Gasteiger charge is -2.03. The molecule has 0 aliphatic heterocycles. The molecular formula is C9H12ClNO2. The molecule has 1 rings (SSSR count). The monoisotopic (exact) mass is 201 g/mol. The lowest BCUT2D eigenvalue weighted by molar-refractivity contribution is 0.0953. The maximum Gasteiger partial charge on any atom is 0.254 e. The molecule has 4 heteroatoms. The molecule has 0 aromatic carbocycles. The van der Waals surface area contributed by atoms with E-state index in [0.29, 0.717) is 12.1 Å². The fourth-order valence-corrected chi connectivity index (χ4v) is 0.975. The van der Waals surface area contributed by atoms with E-state index >= 15 is 0 Å². The van der Waals surface area contributed by atoms with Gasteiger partial charge in [0.25, 0.3) is 5.91 Å². The molecule has 1 heterocycles. The molecule has 1 atom stereocenters. The van der Waals surface area contributed by atoms with Crippen LogP contribution in [0.2, 0.25) is 0 Å². The maximum atomic E-state index is 11.3. The van der Waals surface area contributed by atoms with Crippen molar-refractivity contribution in [3.05, 3.63) is 23.7 Å². The second kappa shape index (κ2) is 4.33. The van der Waals surface area contributed by atoms with Crippen LogP contribution in [0.15, 0.2) is 16.7 Å². The van der Waals surface area contributed by atoms with Gasteiger partial charge in [0.1, 0.15) is 12.0 Å². The molecule has 13 heavy (non-hydrogen) atoms. The normalized spacial score (nSPS) is 12.5. The Hall–Kier alpha value is -0.960. The van der Waals surface area contributed by atoms with Crippen LogP contribution >= 0.6 is 11.6 Å². The number of carbonyl (C=O) groups excluding carboxylic acids is 1. The standard InChI is InChI=1S/C9H12ClNO2/c1-6(10)4-11-9(12)8-3-7(2)13-5-8/h3,5-6H,4H2,1-2H3,(H,11,12). The molecule has 0 bridgehead atoms. The van der Waals surface area contributed by atoms with E-state index in [1.54, 1.807) is 13.0 Å². The number of nitrogens with one attached hydrogen (secondary N) is 1. The quantitative estimate of drug-likeness (QED) is 0.760. The smallest absolute Gasteiger partial charge is 0.254 e. The number of aryl methyl sites for hydroxylation is 1. The van der Waals surface area contributed by atoms with Gasteiger partial charge in [-0.2, -0.15) is 0 Å². The molecule has 0 spiro atoms. The molecule has 0 radical (unpaired) electrons. The number of rotatable bonds is 3. The summed E-state index contributed by atoms with van der Waals surface area (Å²) in [7, 11) is 0. The molecule has 1 amide bonds. The summed E-state index contributed by atoms with van der Waals surface area (Å²) in [6.45, 7) is 4.08. The molecule has 0 fully saturated rings. The lowest BCUT2D eigenvalue weighted by atomic mass is 10.3. The van der Waals surface area contributed by atoms with Crippen molar-refractivity contribution in [1.29, 1.82) is 0 Å². The molecular weight excluding hydrogens is 190 g/mol. The van der Waals surface area contributed by atoms with Crippen LogP contribution in [0.3, 0.4) is 0 Å². The first-order valence-corrected chi connectivity index (χ1v) is 4.50. The van der Waals surface area contributed by atoms with Gasteiger partial charge < -0.3 is 9.73 Å². The predicted octanol–water partition coefficient (Wildman–Crippen LogP) is 1.95. The summed E-state index contributed by atoms with van der Waals surface area (Å²) in [6, 6.07) is 1.69. The first kappa shape index (κ1) is 10.1. The third-order valence-electron chi connectivity index (χ3n) is 1.54. The van der Waals surface area contributed by atoms with E-state index in [-0.39, 0.29) is 11.3 Å². The maximum absolute atomic E-state index is 11.3. The van der Waals surface area contributed by atoms with Crippen molar-refractivity contribution in [3.8, 4) is 0 Å². The van der Waals surface area contributed by atoms with Crippen molar-refractivity contribution in [2.24, 2.45) is 0 Å². The molecule has 1 N–H and O–H groups in total. The van der Waals surface area contributed by atoms with Crippen LogP contribution in [-0.4, -0.2) is 17.8 Å². The first-order valence-electron chi connectivity index (χ1n) is 4.07. The Morgan fingerprint density at radius 1 is 1.77 bits per heavy atom. The van der Waals surface area contributed by atoms with E-state index in [1.165, 1.54) is 6.26 Å². The average molecular weight is 202 g/mol. The number of carbonyl (C=O) groups is 1. The lowest BCUT2D eigenvalue weighted by Crippen LogP contribution is -2.28. The largest absolute Gasteiger partial charge is 0.469 e. The van der Waals surface area contributed by atoms with Crippen molar-refractivity contribution in [3.63, 3.8) is 0 Å². The Morgan fingerprint density at radius 2 is 2.46 bits per heavy atom. The van der Waals surface area contributed by atoms with Gasteiger partial charge in [-0.3, -0.25) is 4.79 Å². The summed E-state index contributed by atoms with van der Waals surface area (Å²) in [4.78, 5) is 11.3. The zero-order chi connectivity index (χ0) is 9.84. The summed E-state index contributed by atoms with van der Waals surface area (Å²) in [5.41, 5.74) is 0.537. The molecule has 72 valence electrons. The molecule has 1 aromatic rings.